The third-order valence-electron chi connectivity index (χ3n) is 2.63. The van der Waals surface area contributed by atoms with Crippen LogP contribution in [0.1, 0.15) is 12.8 Å². The van der Waals surface area contributed by atoms with Crippen molar-refractivity contribution in [2.45, 2.75) is 28.1 Å². The van der Waals surface area contributed by atoms with Gasteiger partial charge in [-0.1, -0.05) is 27.3 Å². The van der Waals surface area contributed by atoms with Gasteiger partial charge in [-0.05, 0) is 36.7 Å². The van der Waals surface area contributed by atoms with E-state index < -0.39 is 4.92 Å². The predicted molar refractivity (Wildman–Crippen MR) is 81.5 cm³/mol. The maximum absolute atomic E-state index is 11.0. The molecular weight excluding hydrogens is 364 g/mol. The van der Waals surface area contributed by atoms with Crippen molar-refractivity contribution in [1.29, 1.82) is 0 Å². The maximum Gasteiger partial charge on any atom is 0.284 e. The van der Waals surface area contributed by atoms with E-state index >= 15 is 0 Å². The summed E-state index contributed by atoms with van der Waals surface area (Å²) in [6.45, 7) is 0. The standard InChI is InChI=1S/C11H9BrN4O2S2/c12-6-1-4-9(8(5-6)16(17)18)19-11-15-14-10(20-11)13-7-2-3-7/h1,4-5,7H,2-3H2,(H,13,14). The Bertz CT molecular complexity index is 660. The average molecular weight is 373 g/mol. The third kappa shape index (κ3) is 3.28. The number of nitrogens with zero attached hydrogens (tertiary/aromatic N) is 3. The van der Waals surface area contributed by atoms with Crippen LogP contribution in [0.15, 0.2) is 31.9 Å². The first-order chi connectivity index (χ1) is 9.61. The topological polar surface area (TPSA) is 81.0 Å². The minimum atomic E-state index is -0.391. The van der Waals surface area contributed by atoms with Gasteiger partial charge in [-0.15, -0.1) is 10.2 Å². The molecule has 0 unspecified atom stereocenters. The van der Waals surface area contributed by atoms with Crippen molar-refractivity contribution in [3.63, 3.8) is 0 Å². The Morgan fingerprint density at radius 3 is 2.95 bits per heavy atom. The first-order valence-corrected chi connectivity index (χ1v) is 8.26. The molecule has 1 aromatic carbocycles. The zero-order chi connectivity index (χ0) is 14.1. The number of nitro benzene ring substituents is 1. The van der Waals surface area contributed by atoms with E-state index in [4.69, 9.17) is 0 Å². The molecular formula is C11H9BrN4O2S2. The van der Waals surface area contributed by atoms with Crippen LogP contribution in [0.2, 0.25) is 0 Å². The van der Waals surface area contributed by atoms with Crippen molar-refractivity contribution in [3.8, 4) is 0 Å². The zero-order valence-electron chi connectivity index (χ0n) is 10.1. The molecule has 0 aliphatic heterocycles. The molecule has 1 N–H and O–H groups in total. The van der Waals surface area contributed by atoms with E-state index in [9.17, 15) is 10.1 Å². The number of hydrogen-bond donors (Lipinski definition) is 1. The van der Waals surface area contributed by atoms with Gasteiger partial charge in [0.2, 0.25) is 5.13 Å². The largest absolute Gasteiger partial charge is 0.357 e. The van der Waals surface area contributed by atoms with E-state index in [1.54, 1.807) is 12.1 Å². The molecule has 20 heavy (non-hydrogen) atoms. The highest BCUT2D eigenvalue weighted by Crippen LogP contribution is 2.39. The van der Waals surface area contributed by atoms with Gasteiger partial charge in [0.05, 0.1) is 9.82 Å². The minimum Gasteiger partial charge on any atom is -0.357 e. The molecule has 0 bridgehead atoms. The highest BCUT2D eigenvalue weighted by atomic mass is 79.9. The summed E-state index contributed by atoms with van der Waals surface area (Å²) in [6.07, 6.45) is 2.33. The van der Waals surface area contributed by atoms with Crippen molar-refractivity contribution in [2.24, 2.45) is 0 Å². The molecule has 9 heteroatoms. The smallest absolute Gasteiger partial charge is 0.284 e. The Labute approximate surface area is 131 Å². The summed E-state index contributed by atoms with van der Waals surface area (Å²) in [4.78, 5) is 11.2. The first-order valence-electron chi connectivity index (χ1n) is 5.83. The molecule has 0 radical (unpaired) electrons. The molecule has 104 valence electrons. The van der Waals surface area contributed by atoms with Crippen molar-refractivity contribution in [1.82, 2.24) is 10.2 Å². The van der Waals surface area contributed by atoms with E-state index in [2.05, 4.69) is 31.4 Å². The van der Waals surface area contributed by atoms with Gasteiger partial charge in [-0.25, -0.2) is 0 Å². The quantitative estimate of drug-likeness (QED) is 0.632. The number of rotatable bonds is 5. The second-order valence-corrected chi connectivity index (χ2v) is 7.45. The van der Waals surface area contributed by atoms with Crippen LogP contribution >= 0.6 is 39.0 Å². The molecule has 1 fully saturated rings. The molecule has 0 spiro atoms. The van der Waals surface area contributed by atoms with Gasteiger partial charge in [0, 0.05) is 16.6 Å². The fourth-order valence-corrected chi connectivity index (χ4v) is 3.75. The fraction of sp³-hybridized carbons (Fsp3) is 0.273. The van der Waals surface area contributed by atoms with Crippen molar-refractivity contribution >= 4 is 49.8 Å². The molecule has 0 amide bonds. The highest BCUT2D eigenvalue weighted by Gasteiger charge is 2.23. The van der Waals surface area contributed by atoms with Crippen LogP contribution in [0.5, 0.6) is 0 Å². The molecule has 1 saturated carbocycles. The van der Waals surface area contributed by atoms with Crippen molar-refractivity contribution < 1.29 is 4.92 Å². The number of anilines is 1. The molecule has 1 aliphatic rings. The minimum absolute atomic E-state index is 0.0660. The second-order valence-electron chi connectivity index (χ2n) is 4.26. The first kappa shape index (κ1) is 13.8. The Hall–Kier alpha value is -1.19. The second kappa shape index (κ2) is 5.66. The number of hydrogen-bond acceptors (Lipinski definition) is 7. The van der Waals surface area contributed by atoms with Crippen molar-refractivity contribution in [3.05, 3.63) is 32.8 Å². The molecule has 2 aromatic rings. The van der Waals surface area contributed by atoms with Gasteiger partial charge >= 0.3 is 0 Å². The van der Waals surface area contributed by atoms with Crippen molar-refractivity contribution in [2.75, 3.05) is 5.32 Å². The van der Waals surface area contributed by atoms with Crippen LogP contribution in [0.25, 0.3) is 0 Å². The van der Waals surface area contributed by atoms with Gasteiger partial charge in [0.25, 0.3) is 5.69 Å². The van der Waals surface area contributed by atoms with E-state index in [-0.39, 0.29) is 5.69 Å². The summed E-state index contributed by atoms with van der Waals surface area (Å²) in [6, 6.07) is 5.50. The lowest BCUT2D eigenvalue weighted by Crippen LogP contribution is -1.99. The molecule has 1 aliphatic carbocycles. The number of benzene rings is 1. The fourth-order valence-electron chi connectivity index (χ4n) is 1.53. The summed E-state index contributed by atoms with van der Waals surface area (Å²) in [5.41, 5.74) is 0.0660. The molecule has 1 heterocycles. The lowest BCUT2D eigenvalue weighted by Gasteiger charge is -2.00. The maximum atomic E-state index is 11.0. The lowest BCUT2D eigenvalue weighted by molar-refractivity contribution is -0.387. The van der Waals surface area contributed by atoms with E-state index in [1.807, 2.05) is 0 Å². The number of aromatic nitrogens is 2. The SMILES string of the molecule is O=[N+]([O-])c1cc(Br)ccc1Sc1nnc(NC2CC2)s1. The molecule has 6 nitrogen and oxygen atoms in total. The van der Waals surface area contributed by atoms with Crippen LogP contribution in [-0.4, -0.2) is 21.2 Å². The van der Waals surface area contributed by atoms with Gasteiger partial charge < -0.3 is 5.32 Å². The number of halogens is 1. The predicted octanol–water partition coefficient (Wildman–Crippen LogP) is 3.93. The Morgan fingerprint density at radius 1 is 1.45 bits per heavy atom. The zero-order valence-corrected chi connectivity index (χ0v) is 13.3. The molecule has 1 aromatic heterocycles. The van der Waals surface area contributed by atoms with E-state index in [1.165, 1.54) is 42.0 Å². The summed E-state index contributed by atoms with van der Waals surface area (Å²) < 4.78 is 1.38. The van der Waals surface area contributed by atoms with Crippen LogP contribution in [0.3, 0.4) is 0 Å². The summed E-state index contributed by atoms with van der Waals surface area (Å²) in [5.74, 6) is 0. The lowest BCUT2D eigenvalue weighted by atomic mass is 10.3. The Morgan fingerprint density at radius 2 is 2.25 bits per heavy atom. The van der Waals surface area contributed by atoms with Crippen LogP contribution in [0.4, 0.5) is 10.8 Å². The molecule has 0 atom stereocenters. The summed E-state index contributed by atoms with van der Waals surface area (Å²) in [7, 11) is 0. The monoisotopic (exact) mass is 372 g/mol. The van der Waals surface area contributed by atoms with Crippen LogP contribution in [0, 0.1) is 10.1 Å². The van der Waals surface area contributed by atoms with Gasteiger partial charge in [-0.3, -0.25) is 10.1 Å². The Balaban J connectivity index is 1.79. The van der Waals surface area contributed by atoms with Gasteiger partial charge in [0.15, 0.2) is 4.34 Å². The Kier molecular flexibility index (Phi) is 3.90. The summed E-state index contributed by atoms with van der Waals surface area (Å²) >= 11 is 5.92. The molecule has 3 rings (SSSR count). The van der Waals surface area contributed by atoms with Crippen LogP contribution in [-0.2, 0) is 0 Å². The number of nitro groups is 1. The highest BCUT2D eigenvalue weighted by molar-refractivity contribution is 9.10. The summed E-state index contributed by atoms with van der Waals surface area (Å²) in [5, 5.41) is 23.2. The van der Waals surface area contributed by atoms with E-state index in [0.717, 1.165) is 5.13 Å². The third-order valence-corrected chi connectivity index (χ3v) is 5.09. The van der Waals surface area contributed by atoms with Gasteiger partial charge in [0.1, 0.15) is 0 Å². The average Bonchev–Trinajstić information content (AvgIpc) is 3.10. The number of nitrogens with one attached hydrogen (secondary N) is 1. The van der Waals surface area contributed by atoms with Gasteiger partial charge in [-0.2, -0.15) is 0 Å². The van der Waals surface area contributed by atoms with Crippen LogP contribution < -0.4 is 5.32 Å². The normalized spacial score (nSPS) is 14.2. The van der Waals surface area contributed by atoms with E-state index in [0.29, 0.717) is 19.7 Å². The molecule has 0 saturated heterocycles.